The highest BCUT2D eigenvalue weighted by atomic mass is 32.2. The minimum atomic E-state index is -1.19. The molecule has 8 N–H and O–H groups in total. The van der Waals surface area contributed by atoms with Gasteiger partial charge in [0, 0.05) is 35.8 Å². The molecule has 0 radical (unpaired) electrons. The van der Waals surface area contributed by atoms with Crippen LogP contribution in [0, 0.1) is 0 Å². The molecule has 2 atom stereocenters. The van der Waals surface area contributed by atoms with Gasteiger partial charge in [0.1, 0.15) is 18.5 Å². The normalized spacial score (nSPS) is 12.9. The molecule has 0 spiro atoms. The SMILES string of the molecule is CCO[C@@H](Cc1ccc(OCCN2c3ccccc3Sc3ccccc32)cc1)C(=O)[O-].NC(N)=NCCCC([NH3+])C(=O)O. The number of hydrogen-bond donors (Lipinski definition) is 4. The number of carbonyl (C=O) groups is 2. The second-order valence-corrected chi connectivity index (χ2v) is 10.7. The summed E-state index contributed by atoms with van der Waals surface area (Å²) in [5.74, 6) is -1.30. The van der Waals surface area contributed by atoms with Crippen molar-refractivity contribution in [2.24, 2.45) is 16.5 Å². The molecule has 0 amide bonds. The van der Waals surface area contributed by atoms with E-state index in [-0.39, 0.29) is 12.4 Å². The number of quaternary nitrogens is 1. The molecule has 0 aliphatic carbocycles. The molecule has 11 nitrogen and oxygen atoms in total. The number of anilines is 2. The predicted octanol–water partition coefficient (Wildman–Crippen LogP) is 1.80. The Labute approximate surface area is 255 Å². The summed E-state index contributed by atoms with van der Waals surface area (Å²) in [6, 6.07) is 23.7. The van der Waals surface area contributed by atoms with Gasteiger partial charge < -0.3 is 46.6 Å². The number of carboxylic acids is 2. The predicted molar refractivity (Wildman–Crippen MR) is 164 cm³/mol. The maximum Gasteiger partial charge on any atom is 0.362 e. The summed E-state index contributed by atoms with van der Waals surface area (Å²) in [7, 11) is 0. The number of fused-ring (bicyclic) bond motifs is 2. The molecule has 0 bridgehead atoms. The first-order valence-corrected chi connectivity index (χ1v) is 14.8. The number of guanidine groups is 1. The van der Waals surface area contributed by atoms with Gasteiger partial charge in [0.25, 0.3) is 0 Å². The van der Waals surface area contributed by atoms with Crippen molar-refractivity contribution >= 4 is 41.0 Å². The van der Waals surface area contributed by atoms with Crippen LogP contribution in [-0.2, 0) is 20.7 Å². The van der Waals surface area contributed by atoms with Crippen LogP contribution in [0.5, 0.6) is 5.75 Å². The summed E-state index contributed by atoms with van der Waals surface area (Å²) >= 11 is 1.79. The van der Waals surface area contributed by atoms with E-state index in [1.807, 2.05) is 24.3 Å². The van der Waals surface area contributed by atoms with Crippen LogP contribution < -0.4 is 31.9 Å². The van der Waals surface area contributed by atoms with E-state index in [0.717, 1.165) is 11.3 Å². The molecule has 0 saturated heterocycles. The van der Waals surface area contributed by atoms with Gasteiger partial charge in [0.15, 0.2) is 12.0 Å². The maximum absolute atomic E-state index is 11.2. The molecule has 43 heavy (non-hydrogen) atoms. The standard InChI is InChI=1S/C25H25NO4S.C6H14N4O2/c1-2-29-22(25(27)28)17-18-11-13-19(14-12-18)30-16-15-26-20-7-3-5-9-23(20)31-24-10-6-4-8-21(24)26;7-4(5(11)12)2-1-3-10-6(8)9/h3-14,22H,2,15-17H2,1H3,(H,27,28);4H,1-3,7H2,(H,11,12)(H4,8,9,10)/t22-;/m0./s1. The van der Waals surface area contributed by atoms with Crippen molar-refractivity contribution in [3.63, 3.8) is 0 Å². The Kier molecular flexibility index (Phi) is 13.1. The monoisotopic (exact) mass is 609 g/mol. The zero-order valence-electron chi connectivity index (χ0n) is 24.2. The third-order valence-electron chi connectivity index (χ3n) is 6.45. The summed E-state index contributed by atoms with van der Waals surface area (Å²) in [6.45, 7) is 3.80. The largest absolute Gasteiger partial charge is 0.547 e. The van der Waals surface area contributed by atoms with Crippen LogP contribution in [0.3, 0.4) is 0 Å². The molecular weight excluding hydrogens is 570 g/mol. The highest BCUT2D eigenvalue weighted by Gasteiger charge is 2.22. The molecule has 12 heteroatoms. The van der Waals surface area contributed by atoms with E-state index in [4.69, 9.17) is 26.0 Å². The molecule has 230 valence electrons. The first-order valence-electron chi connectivity index (χ1n) is 14.0. The Balaban J connectivity index is 0.000000359. The number of para-hydroxylation sites is 2. The van der Waals surface area contributed by atoms with Gasteiger partial charge in [-0.15, -0.1) is 0 Å². The molecule has 4 rings (SSSR count). The number of hydrogen-bond acceptors (Lipinski definition) is 8. The van der Waals surface area contributed by atoms with Crippen molar-refractivity contribution in [2.75, 3.05) is 31.2 Å². The third kappa shape index (κ3) is 10.5. The second kappa shape index (κ2) is 17.0. The summed E-state index contributed by atoms with van der Waals surface area (Å²) in [5.41, 5.74) is 16.8. The third-order valence-corrected chi connectivity index (χ3v) is 7.58. The number of ether oxygens (including phenoxy) is 2. The molecular formula is C31H39N5O6S. The molecule has 3 aromatic rings. The van der Waals surface area contributed by atoms with E-state index in [1.165, 1.54) is 21.2 Å². The molecule has 3 aromatic carbocycles. The molecule has 0 saturated carbocycles. The van der Waals surface area contributed by atoms with Crippen LogP contribution in [0.2, 0.25) is 0 Å². The van der Waals surface area contributed by atoms with E-state index in [1.54, 1.807) is 18.7 Å². The van der Waals surface area contributed by atoms with Crippen LogP contribution in [0.1, 0.15) is 25.3 Å². The van der Waals surface area contributed by atoms with E-state index in [9.17, 15) is 14.7 Å². The highest BCUT2D eigenvalue weighted by molar-refractivity contribution is 7.99. The van der Waals surface area contributed by atoms with Gasteiger partial charge in [-0.25, -0.2) is 4.79 Å². The minimum absolute atomic E-state index is 0.0333. The number of aliphatic imine (C=N–C) groups is 1. The Morgan fingerprint density at radius 3 is 2.16 bits per heavy atom. The number of aliphatic carboxylic acids is 2. The fraction of sp³-hybridized carbons (Fsp3) is 0.323. The minimum Gasteiger partial charge on any atom is -0.547 e. The van der Waals surface area contributed by atoms with Gasteiger partial charge in [0.2, 0.25) is 0 Å². The lowest BCUT2D eigenvalue weighted by Gasteiger charge is -2.32. The van der Waals surface area contributed by atoms with Crippen LogP contribution >= 0.6 is 11.8 Å². The summed E-state index contributed by atoms with van der Waals surface area (Å²) in [6.07, 6.45) is 0.466. The van der Waals surface area contributed by atoms with Crippen molar-refractivity contribution in [3.8, 4) is 5.75 Å². The van der Waals surface area contributed by atoms with Gasteiger partial charge in [0.05, 0.1) is 23.9 Å². The Morgan fingerprint density at radius 1 is 1.02 bits per heavy atom. The number of benzene rings is 3. The zero-order chi connectivity index (χ0) is 31.2. The average molecular weight is 610 g/mol. The number of nitrogens with two attached hydrogens (primary N) is 2. The highest BCUT2D eigenvalue weighted by Crippen LogP contribution is 2.47. The van der Waals surface area contributed by atoms with Crippen molar-refractivity contribution in [1.82, 2.24) is 0 Å². The van der Waals surface area contributed by atoms with Gasteiger partial charge in [-0.1, -0.05) is 48.2 Å². The molecule has 0 fully saturated rings. The first-order chi connectivity index (χ1) is 20.7. The number of carbonyl (C=O) groups excluding carboxylic acids is 1. The Hall–Kier alpha value is -4.26. The van der Waals surface area contributed by atoms with E-state index in [2.05, 4.69) is 64.2 Å². The lowest BCUT2D eigenvalue weighted by atomic mass is 10.1. The lowest BCUT2D eigenvalue weighted by molar-refractivity contribution is -0.409. The number of nitrogens with zero attached hydrogens (tertiary/aromatic N) is 2. The van der Waals surface area contributed by atoms with Crippen LogP contribution in [0.25, 0.3) is 0 Å². The Bertz CT molecular complexity index is 1320. The van der Waals surface area contributed by atoms with Crippen LogP contribution in [0.4, 0.5) is 11.4 Å². The van der Waals surface area contributed by atoms with Gasteiger partial charge in [-0.05, 0) is 55.3 Å². The molecule has 1 unspecified atom stereocenters. The molecule has 0 aromatic heterocycles. The molecule has 1 aliphatic rings. The summed E-state index contributed by atoms with van der Waals surface area (Å²) in [4.78, 5) is 29.9. The second-order valence-electron chi connectivity index (χ2n) is 9.63. The van der Waals surface area contributed by atoms with Crippen LogP contribution in [0.15, 0.2) is 87.6 Å². The van der Waals surface area contributed by atoms with E-state index >= 15 is 0 Å². The topological polar surface area (TPSA) is 191 Å². The van der Waals surface area contributed by atoms with Crippen LogP contribution in [-0.4, -0.2) is 61.5 Å². The zero-order valence-corrected chi connectivity index (χ0v) is 25.0. The number of rotatable bonds is 14. The van der Waals surface area contributed by atoms with Crippen molar-refractivity contribution in [1.29, 1.82) is 0 Å². The van der Waals surface area contributed by atoms with Crippen molar-refractivity contribution in [2.45, 2.75) is 48.1 Å². The summed E-state index contributed by atoms with van der Waals surface area (Å²) < 4.78 is 11.2. The van der Waals surface area contributed by atoms with Crippen molar-refractivity contribution in [3.05, 3.63) is 78.4 Å². The smallest absolute Gasteiger partial charge is 0.362 e. The fourth-order valence-corrected chi connectivity index (χ4v) is 5.39. The molecule has 1 aliphatic heterocycles. The van der Waals surface area contributed by atoms with Gasteiger partial charge >= 0.3 is 5.97 Å². The van der Waals surface area contributed by atoms with E-state index in [0.29, 0.717) is 39.1 Å². The van der Waals surface area contributed by atoms with Gasteiger partial charge in [-0.2, -0.15) is 0 Å². The number of carboxylic acid groups (broad SMARTS) is 2. The summed E-state index contributed by atoms with van der Waals surface area (Å²) in [5, 5.41) is 19.6. The maximum atomic E-state index is 11.2. The Morgan fingerprint density at radius 2 is 1.63 bits per heavy atom. The van der Waals surface area contributed by atoms with Crippen molar-refractivity contribution < 1.29 is 35.0 Å². The van der Waals surface area contributed by atoms with E-state index < -0.39 is 24.1 Å². The first kappa shape index (κ1) is 33.2. The van der Waals surface area contributed by atoms with Gasteiger partial charge in [-0.3, -0.25) is 4.99 Å². The quantitative estimate of drug-likeness (QED) is 0.119. The lowest BCUT2D eigenvalue weighted by Crippen LogP contribution is -2.64. The average Bonchev–Trinajstić information content (AvgIpc) is 2.99. The molecule has 1 heterocycles. The fourth-order valence-electron chi connectivity index (χ4n) is 4.29.